The van der Waals surface area contributed by atoms with Gasteiger partial charge in [-0.1, -0.05) is 44.2 Å². The van der Waals surface area contributed by atoms with Crippen molar-refractivity contribution in [1.29, 1.82) is 0 Å². The summed E-state index contributed by atoms with van der Waals surface area (Å²) >= 11 is 0. The van der Waals surface area contributed by atoms with E-state index in [2.05, 4.69) is 54.1 Å². The third-order valence-electron chi connectivity index (χ3n) is 4.59. The highest BCUT2D eigenvalue weighted by molar-refractivity contribution is 5.70. The maximum absolute atomic E-state index is 9.89. The fraction of sp³-hybridized carbons (Fsp3) is 0.458. The van der Waals surface area contributed by atoms with Gasteiger partial charge in [-0.25, -0.2) is 0 Å². The lowest BCUT2D eigenvalue weighted by Gasteiger charge is -2.24. The summed E-state index contributed by atoms with van der Waals surface area (Å²) in [7, 11) is 0. The Hall–Kier alpha value is -2.21. The minimum Gasteiger partial charge on any atom is -0.395 e. The maximum Gasteiger partial charge on any atom is 0.0776 e. The van der Waals surface area contributed by atoms with Gasteiger partial charge in [-0.2, -0.15) is 0 Å². The summed E-state index contributed by atoms with van der Waals surface area (Å²) in [6.45, 7) is 8.30. The van der Waals surface area contributed by atoms with Gasteiger partial charge in [-0.3, -0.25) is 4.98 Å². The average Bonchev–Trinajstić information content (AvgIpc) is 2.70. The molecule has 29 heavy (non-hydrogen) atoms. The number of benzene rings is 1. The predicted octanol–water partition coefficient (Wildman–Crippen LogP) is 3.78. The Labute approximate surface area is 174 Å². The van der Waals surface area contributed by atoms with Gasteiger partial charge >= 0.3 is 0 Å². The normalized spacial score (nSPS) is 12.6. The molecule has 1 aromatic carbocycles. The third kappa shape index (κ3) is 8.77. The van der Waals surface area contributed by atoms with Crippen LogP contribution >= 0.6 is 0 Å². The van der Waals surface area contributed by atoms with Crippen molar-refractivity contribution < 1.29 is 14.9 Å². The quantitative estimate of drug-likeness (QED) is 0.533. The zero-order valence-electron chi connectivity index (χ0n) is 17.8. The van der Waals surface area contributed by atoms with Crippen LogP contribution < -0.4 is 4.90 Å². The Morgan fingerprint density at radius 1 is 1.03 bits per heavy atom. The molecule has 2 rings (SSSR count). The van der Waals surface area contributed by atoms with Gasteiger partial charge in [0.15, 0.2) is 0 Å². The van der Waals surface area contributed by atoms with Crippen LogP contribution in [0.2, 0.25) is 0 Å². The van der Waals surface area contributed by atoms with E-state index >= 15 is 0 Å². The molecule has 1 atom stereocenters. The first-order valence-electron chi connectivity index (χ1n) is 10.3. The van der Waals surface area contributed by atoms with Gasteiger partial charge in [0.2, 0.25) is 0 Å². The van der Waals surface area contributed by atoms with Crippen LogP contribution in [-0.4, -0.2) is 54.2 Å². The number of hydrogen-bond acceptors (Lipinski definition) is 5. The predicted molar refractivity (Wildman–Crippen MR) is 120 cm³/mol. The molecule has 0 amide bonds. The lowest BCUT2D eigenvalue weighted by molar-refractivity contribution is 0.0290. The molecular weight excluding hydrogens is 364 g/mol. The van der Waals surface area contributed by atoms with Crippen LogP contribution in [-0.2, 0) is 4.74 Å². The molecule has 0 saturated heterocycles. The van der Waals surface area contributed by atoms with E-state index in [0.29, 0.717) is 32.2 Å². The van der Waals surface area contributed by atoms with Crippen molar-refractivity contribution >= 4 is 17.8 Å². The van der Waals surface area contributed by atoms with Crippen LogP contribution in [0.3, 0.4) is 0 Å². The lowest BCUT2D eigenvalue weighted by atomic mass is 10.1. The number of rotatable bonds is 12. The molecule has 0 radical (unpaired) electrons. The number of aliphatic hydroxyl groups is 2. The minimum absolute atomic E-state index is 0.0814. The molecule has 0 saturated carbocycles. The number of ether oxygens (including phenoxy) is 1. The first kappa shape index (κ1) is 23.1. The molecule has 0 aliphatic heterocycles. The summed E-state index contributed by atoms with van der Waals surface area (Å²) < 4.78 is 5.62. The SMILES string of the molecule is Cc1ccc(C=Cc2ccc(N(CCO)CCOCC(O)CC(C)C)cc2)cn1. The molecular formula is C24H34N2O3. The monoisotopic (exact) mass is 398 g/mol. The maximum atomic E-state index is 9.89. The van der Waals surface area contributed by atoms with Gasteiger partial charge in [0.25, 0.3) is 0 Å². The lowest BCUT2D eigenvalue weighted by Crippen LogP contribution is -2.31. The van der Waals surface area contributed by atoms with Crippen molar-refractivity contribution in [2.45, 2.75) is 33.3 Å². The van der Waals surface area contributed by atoms with E-state index in [4.69, 9.17) is 4.74 Å². The zero-order valence-corrected chi connectivity index (χ0v) is 17.8. The summed E-state index contributed by atoms with van der Waals surface area (Å²) in [5.74, 6) is 0.453. The van der Waals surface area contributed by atoms with Crippen molar-refractivity contribution in [3.8, 4) is 0 Å². The Bertz CT molecular complexity index is 727. The van der Waals surface area contributed by atoms with E-state index in [1.165, 1.54) is 0 Å². The third-order valence-corrected chi connectivity index (χ3v) is 4.59. The topological polar surface area (TPSA) is 65.8 Å². The van der Waals surface area contributed by atoms with Crippen LogP contribution in [0.4, 0.5) is 5.69 Å². The molecule has 0 spiro atoms. The number of hydrogen-bond donors (Lipinski definition) is 2. The molecule has 0 aliphatic carbocycles. The van der Waals surface area contributed by atoms with Crippen LogP contribution in [0.25, 0.3) is 12.2 Å². The molecule has 2 aromatic rings. The van der Waals surface area contributed by atoms with Gasteiger partial charge in [0, 0.05) is 30.7 Å². The molecule has 5 nitrogen and oxygen atoms in total. The molecule has 1 heterocycles. The first-order chi connectivity index (χ1) is 14.0. The van der Waals surface area contributed by atoms with E-state index in [-0.39, 0.29) is 6.61 Å². The van der Waals surface area contributed by atoms with Crippen molar-refractivity contribution in [2.75, 3.05) is 37.8 Å². The number of aliphatic hydroxyl groups excluding tert-OH is 2. The number of aromatic nitrogens is 1. The Balaban J connectivity index is 1.87. The number of nitrogens with zero attached hydrogens (tertiary/aromatic N) is 2. The summed E-state index contributed by atoms with van der Waals surface area (Å²) in [5.41, 5.74) is 4.22. The summed E-state index contributed by atoms with van der Waals surface area (Å²) in [6, 6.07) is 12.3. The van der Waals surface area contributed by atoms with E-state index in [1.54, 1.807) is 0 Å². The molecule has 2 N–H and O–H groups in total. The van der Waals surface area contributed by atoms with Gasteiger partial charge in [0.05, 0.1) is 25.9 Å². The molecule has 158 valence electrons. The Kier molecular flexibility index (Phi) is 9.84. The van der Waals surface area contributed by atoms with Gasteiger partial charge in [0.1, 0.15) is 0 Å². The zero-order chi connectivity index (χ0) is 21.1. The molecule has 1 unspecified atom stereocenters. The largest absolute Gasteiger partial charge is 0.395 e. The molecule has 0 fully saturated rings. The smallest absolute Gasteiger partial charge is 0.0776 e. The summed E-state index contributed by atoms with van der Waals surface area (Å²) in [5, 5.41) is 19.3. The van der Waals surface area contributed by atoms with Crippen LogP contribution in [0, 0.1) is 12.8 Å². The number of pyridine rings is 1. The average molecular weight is 399 g/mol. The molecule has 5 heteroatoms. The molecule has 0 bridgehead atoms. The van der Waals surface area contributed by atoms with Crippen molar-refractivity contribution in [2.24, 2.45) is 5.92 Å². The van der Waals surface area contributed by atoms with E-state index in [1.807, 2.05) is 31.3 Å². The second-order valence-electron chi connectivity index (χ2n) is 7.73. The Morgan fingerprint density at radius 3 is 2.34 bits per heavy atom. The Morgan fingerprint density at radius 2 is 1.72 bits per heavy atom. The van der Waals surface area contributed by atoms with Crippen LogP contribution in [0.15, 0.2) is 42.6 Å². The van der Waals surface area contributed by atoms with Gasteiger partial charge < -0.3 is 19.8 Å². The number of aryl methyl sites for hydroxylation is 1. The van der Waals surface area contributed by atoms with Crippen molar-refractivity contribution in [3.05, 3.63) is 59.4 Å². The number of anilines is 1. The first-order valence-corrected chi connectivity index (χ1v) is 10.3. The highest BCUT2D eigenvalue weighted by Crippen LogP contribution is 2.17. The van der Waals surface area contributed by atoms with Crippen LogP contribution in [0.1, 0.15) is 37.1 Å². The van der Waals surface area contributed by atoms with E-state index < -0.39 is 6.10 Å². The molecule has 1 aromatic heterocycles. The second-order valence-corrected chi connectivity index (χ2v) is 7.73. The highest BCUT2D eigenvalue weighted by Gasteiger charge is 2.09. The van der Waals surface area contributed by atoms with E-state index in [0.717, 1.165) is 28.9 Å². The van der Waals surface area contributed by atoms with Gasteiger partial charge in [-0.05, 0) is 48.6 Å². The minimum atomic E-state index is -0.420. The van der Waals surface area contributed by atoms with Crippen molar-refractivity contribution in [1.82, 2.24) is 4.98 Å². The summed E-state index contributed by atoms with van der Waals surface area (Å²) in [6.07, 6.45) is 6.29. The fourth-order valence-electron chi connectivity index (χ4n) is 3.06. The molecule has 0 aliphatic rings. The second kappa shape index (κ2) is 12.4. The highest BCUT2D eigenvalue weighted by atomic mass is 16.5. The van der Waals surface area contributed by atoms with E-state index in [9.17, 15) is 10.2 Å². The van der Waals surface area contributed by atoms with Crippen LogP contribution in [0.5, 0.6) is 0 Å². The van der Waals surface area contributed by atoms with Crippen molar-refractivity contribution in [3.63, 3.8) is 0 Å². The summed E-state index contributed by atoms with van der Waals surface area (Å²) in [4.78, 5) is 6.39. The fourth-order valence-corrected chi connectivity index (χ4v) is 3.06. The van der Waals surface area contributed by atoms with Gasteiger partial charge in [-0.15, -0.1) is 0 Å². The standard InChI is InChI=1S/C24H34N2O3/c1-19(2)16-24(28)18-29-15-13-26(12-14-27)23-10-8-21(9-11-23)6-7-22-5-4-20(3)25-17-22/h4-11,17,19,24,27-28H,12-16,18H2,1-3H3.